The molecular weight excluding hydrogens is 713 g/mol. The van der Waals surface area contributed by atoms with Crippen molar-refractivity contribution in [2.24, 2.45) is 0 Å². The second kappa shape index (κ2) is 18.1. The number of nitrogens with one attached hydrogen (secondary N) is 1. The van der Waals surface area contributed by atoms with Crippen LogP contribution in [0, 0.1) is 0 Å². The van der Waals surface area contributed by atoms with Crippen LogP contribution in [0.4, 0.5) is 0 Å². The molecular formula is C41H48N2O8S2. The van der Waals surface area contributed by atoms with Crippen LogP contribution >= 0.6 is 11.8 Å². The van der Waals surface area contributed by atoms with Crippen LogP contribution in [0.3, 0.4) is 0 Å². The van der Waals surface area contributed by atoms with Crippen LogP contribution in [0.15, 0.2) is 103 Å². The Balaban J connectivity index is 1.46. The molecule has 10 nitrogen and oxygen atoms in total. The van der Waals surface area contributed by atoms with Gasteiger partial charge in [-0.1, -0.05) is 66.7 Å². The van der Waals surface area contributed by atoms with Gasteiger partial charge >= 0.3 is 17.9 Å². The molecule has 0 aliphatic carbocycles. The first-order valence-corrected chi connectivity index (χ1v) is 20.3. The molecule has 3 aliphatic heterocycles. The fraction of sp³-hybridized carbons (Fsp3) is 0.439. The highest BCUT2D eigenvalue weighted by atomic mass is 32.2. The van der Waals surface area contributed by atoms with Crippen LogP contribution in [0.2, 0.25) is 0 Å². The highest BCUT2D eigenvalue weighted by molar-refractivity contribution is 8.00. The SMILES string of the molecule is CC(C)(C)[S+]([O-])N[C@@H]1C/C=C\CC(CN2CCCC2)S[C@H]2O[C@H]1[C@H](OC(=O)c1ccccc1)[C@H](OC(=O)c1ccccc1)[C@H]2OC(=O)c1ccccc1. The Bertz CT molecular complexity index is 1680. The van der Waals surface area contributed by atoms with Gasteiger partial charge in [0.25, 0.3) is 0 Å². The monoisotopic (exact) mass is 760 g/mol. The molecule has 0 saturated carbocycles. The Labute approximate surface area is 319 Å². The van der Waals surface area contributed by atoms with Crippen LogP contribution in [-0.4, -0.2) is 92.9 Å². The molecule has 1 N–H and O–H groups in total. The molecule has 3 aliphatic rings. The molecule has 6 rings (SSSR count). The van der Waals surface area contributed by atoms with E-state index in [2.05, 4.69) is 15.7 Å². The van der Waals surface area contributed by atoms with Gasteiger partial charge in [-0.05, 0) is 95.9 Å². The summed E-state index contributed by atoms with van der Waals surface area (Å²) in [6.45, 7) is 8.39. The molecule has 3 aromatic rings. The lowest BCUT2D eigenvalue weighted by Crippen LogP contribution is -2.66. The zero-order valence-electron chi connectivity index (χ0n) is 30.3. The Morgan fingerprint density at radius 2 is 1.23 bits per heavy atom. The number of carbonyl (C=O) groups is 3. The molecule has 2 unspecified atom stereocenters. The maximum absolute atomic E-state index is 14.0. The first kappa shape index (κ1) is 39.1. The van der Waals surface area contributed by atoms with E-state index in [9.17, 15) is 18.9 Å². The lowest BCUT2D eigenvalue weighted by Gasteiger charge is -2.47. The lowest BCUT2D eigenvalue weighted by atomic mass is 9.92. The average molecular weight is 761 g/mol. The largest absolute Gasteiger partial charge is 0.598 e. The third-order valence-corrected chi connectivity index (χ3v) is 12.4. The van der Waals surface area contributed by atoms with E-state index in [0.717, 1.165) is 32.5 Å². The van der Waals surface area contributed by atoms with Gasteiger partial charge in [0.2, 0.25) is 0 Å². The third-order valence-electron chi connectivity index (χ3n) is 9.44. The molecule has 2 fully saturated rings. The molecule has 0 radical (unpaired) electrons. The van der Waals surface area contributed by atoms with Crippen molar-refractivity contribution in [1.29, 1.82) is 0 Å². The topological polar surface area (TPSA) is 126 Å². The predicted molar refractivity (Wildman–Crippen MR) is 206 cm³/mol. The molecule has 3 aromatic carbocycles. The van der Waals surface area contributed by atoms with Gasteiger partial charge in [-0.15, -0.1) is 16.5 Å². The third kappa shape index (κ3) is 10.3. The highest BCUT2D eigenvalue weighted by Crippen LogP contribution is 2.40. The number of hydrogen-bond donors (Lipinski definition) is 1. The summed E-state index contributed by atoms with van der Waals surface area (Å²) < 4.78 is 42.3. The van der Waals surface area contributed by atoms with Gasteiger partial charge in [-0.3, -0.25) is 0 Å². The minimum atomic E-state index is -1.55. The molecule has 282 valence electrons. The molecule has 0 aromatic heterocycles. The van der Waals surface area contributed by atoms with Crippen molar-refractivity contribution in [3.8, 4) is 0 Å². The van der Waals surface area contributed by atoms with Crippen LogP contribution in [0.25, 0.3) is 0 Å². The number of rotatable bonds is 10. The van der Waals surface area contributed by atoms with E-state index in [1.54, 1.807) is 91.0 Å². The van der Waals surface area contributed by atoms with E-state index in [1.807, 2.05) is 26.8 Å². The smallest absolute Gasteiger partial charge is 0.338 e. The number of nitrogens with zero attached hydrogens (tertiary/aromatic N) is 1. The number of allylic oxidation sites excluding steroid dienone is 1. The number of hydrogen-bond acceptors (Lipinski definition) is 11. The van der Waals surface area contributed by atoms with Crippen LogP contribution in [-0.2, 0) is 30.3 Å². The van der Waals surface area contributed by atoms with Crippen LogP contribution in [0.5, 0.6) is 0 Å². The van der Waals surface area contributed by atoms with Crippen molar-refractivity contribution in [2.45, 2.75) is 92.3 Å². The number of likely N-dealkylation sites (tertiary alicyclic amines) is 1. The van der Waals surface area contributed by atoms with Gasteiger partial charge in [-0.2, -0.15) is 0 Å². The standard InChI is InChI=1S/C41H48N2O8S2/c1-41(2,3)53(47)42-32-24-14-13-23-31(27-43-25-15-16-26-43)52-40-36(50-39(46)30-21-11-6-12-22-30)35(49-38(45)29-19-9-5-10-20-29)34(33(32)51-40)48-37(44)28-17-7-4-8-18-28/h4-14,17-22,31-36,40,42H,15-16,23-27H2,1-3H3/b14-13-/t31?,32-,33-,34+,35+,36-,40-,53?/m1/s1. The van der Waals surface area contributed by atoms with Crippen molar-refractivity contribution in [3.63, 3.8) is 0 Å². The molecule has 3 heterocycles. The van der Waals surface area contributed by atoms with E-state index >= 15 is 0 Å². The molecule has 2 saturated heterocycles. The Kier molecular flexibility index (Phi) is 13.4. The van der Waals surface area contributed by atoms with Gasteiger partial charge in [0.05, 0.1) is 22.7 Å². The number of benzene rings is 3. The molecule has 0 amide bonds. The van der Waals surface area contributed by atoms with E-state index in [-0.39, 0.29) is 16.4 Å². The molecule has 0 spiro atoms. The predicted octanol–water partition coefficient (Wildman–Crippen LogP) is 6.36. The van der Waals surface area contributed by atoms with Gasteiger partial charge in [0.15, 0.2) is 18.3 Å². The minimum Gasteiger partial charge on any atom is -0.598 e. The highest BCUT2D eigenvalue weighted by Gasteiger charge is 2.56. The maximum atomic E-state index is 14.0. The second-order valence-corrected chi connectivity index (χ2v) is 17.9. The summed E-state index contributed by atoms with van der Waals surface area (Å²) in [4.78, 5) is 44.2. The Hall–Kier alpha value is -3.65. The summed E-state index contributed by atoms with van der Waals surface area (Å²) >= 11 is -0.0291. The Morgan fingerprint density at radius 3 is 1.74 bits per heavy atom. The first-order chi connectivity index (χ1) is 25.6. The Morgan fingerprint density at radius 1 is 0.755 bits per heavy atom. The average Bonchev–Trinajstić information content (AvgIpc) is 3.68. The first-order valence-electron chi connectivity index (χ1n) is 18.2. The van der Waals surface area contributed by atoms with Crippen LogP contribution < -0.4 is 4.72 Å². The molecule has 12 heteroatoms. The van der Waals surface area contributed by atoms with E-state index in [1.165, 1.54) is 11.8 Å². The van der Waals surface area contributed by atoms with Crippen molar-refractivity contribution < 1.29 is 37.9 Å². The fourth-order valence-corrected chi connectivity index (χ4v) is 8.95. The van der Waals surface area contributed by atoms with Crippen molar-refractivity contribution in [2.75, 3.05) is 19.6 Å². The van der Waals surface area contributed by atoms with E-state index in [4.69, 9.17) is 18.9 Å². The van der Waals surface area contributed by atoms with E-state index < -0.39 is 69.9 Å². The zero-order valence-corrected chi connectivity index (χ0v) is 32.0. The van der Waals surface area contributed by atoms with Crippen molar-refractivity contribution in [3.05, 3.63) is 120 Å². The number of carbonyl (C=O) groups excluding carboxylic acids is 3. The summed E-state index contributed by atoms with van der Waals surface area (Å²) in [5, 5.41) is 0.0371. The van der Waals surface area contributed by atoms with Crippen molar-refractivity contribution in [1.82, 2.24) is 9.62 Å². The summed E-state index contributed by atoms with van der Waals surface area (Å²) in [5.74, 6) is -1.98. The quantitative estimate of drug-likeness (QED) is 0.108. The second-order valence-electron chi connectivity index (χ2n) is 14.5. The van der Waals surface area contributed by atoms with Crippen LogP contribution in [0.1, 0.15) is 77.5 Å². The lowest BCUT2D eigenvalue weighted by molar-refractivity contribution is -0.205. The number of thioether (sulfide) groups is 1. The van der Waals surface area contributed by atoms with Gasteiger partial charge < -0.3 is 28.4 Å². The summed E-state index contributed by atoms with van der Waals surface area (Å²) in [5.41, 5.74) is 0.0187. The normalized spacial score (nSPS) is 27.6. The number of fused-ring (bicyclic) bond motifs is 2. The minimum absolute atomic E-state index is 0.0371. The summed E-state index contributed by atoms with van der Waals surface area (Å²) in [6, 6.07) is 24.9. The molecule has 8 atom stereocenters. The summed E-state index contributed by atoms with van der Waals surface area (Å²) in [6.07, 6.45) is 2.79. The maximum Gasteiger partial charge on any atom is 0.338 e. The van der Waals surface area contributed by atoms with Gasteiger partial charge in [0, 0.05) is 23.2 Å². The molecule has 2 bridgehead atoms. The molecule has 53 heavy (non-hydrogen) atoms. The summed E-state index contributed by atoms with van der Waals surface area (Å²) in [7, 11) is 0. The van der Waals surface area contributed by atoms with Crippen molar-refractivity contribution >= 4 is 41.0 Å². The van der Waals surface area contributed by atoms with Gasteiger partial charge in [-0.25, -0.2) is 14.4 Å². The van der Waals surface area contributed by atoms with Gasteiger partial charge in [0.1, 0.15) is 16.3 Å². The zero-order chi connectivity index (χ0) is 37.4. The number of esters is 3. The fourth-order valence-electron chi connectivity index (χ4n) is 6.63. The number of ether oxygens (including phenoxy) is 4. The van der Waals surface area contributed by atoms with E-state index in [0.29, 0.717) is 18.4 Å².